The Balaban J connectivity index is 1.44. The lowest BCUT2D eigenvalue weighted by molar-refractivity contribution is -0.133. The Labute approximate surface area is 161 Å². The lowest BCUT2D eigenvalue weighted by Crippen LogP contribution is -2.55. The van der Waals surface area contributed by atoms with Crippen molar-refractivity contribution in [2.45, 2.75) is 24.9 Å². The second-order valence-electron chi connectivity index (χ2n) is 6.91. The van der Waals surface area contributed by atoms with Gasteiger partial charge in [-0.05, 0) is 42.7 Å². The zero-order valence-corrected chi connectivity index (χ0v) is 15.3. The minimum Gasteiger partial charge on any atom is -0.357 e. The smallest absolute Gasteiger partial charge is 0.325 e. The Morgan fingerprint density at radius 3 is 2.44 bits per heavy atom. The van der Waals surface area contributed by atoms with E-state index in [9.17, 15) is 14.4 Å². The number of likely N-dealkylation sites (tertiary alicyclic amines) is 1. The molecular weight excluding hydrogens is 368 g/mol. The summed E-state index contributed by atoms with van der Waals surface area (Å²) in [4.78, 5) is 43.7. The fourth-order valence-corrected chi connectivity index (χ4v) is 3.78. The van der Waals surface area contributed by atoms with Crippen molar-refractivity contribution in [1.29, 1.82) is 0 Å². The SMILES string of the molecule is O=C(c1ccc[nH]1)N1CCC2(CC1)NC(=O)N(Cc1ccc(Cl)cc1)C2=O. The van der Waals surface area contributed by atoms with Gasteiger partial charge in [-0.25, -0.2) is 4.79 Å². The van der Waals surface area contributed by atoms with Gasteiger partial charge in [-0.15, -0.1) is 0 Å². The average Bonchev–Trinajstić information content (AvgIpc) is 3.28. The number of hydrogen-bond acceptors (Lipinski definition) is 3. The van der Waals surface area contributed by atoms with Gasteiger partial charge in [-0.2, -0.15) is 0 Å². The molecule has 0 unspecified atom stereocenters. The summed E-state index contributed by atoms with van der Waals surface area (Å²) in [7, 11) is 0. The molecule has 140 valence electrons. The molecule has 0 saturated carbocycles. The summed E-state index contributed by atoms with van der Waals surface area (Å²) >= 11 is 5.88. The monoisotopic (exact) mass is 386 g/mol. The van der Waals surface area contributed by atoms with E-state index >= 15 is 0 Å². The standard InChI is InChI=1S/C19H19ClN4O3/c20-14-5-3-13(4-6-14)12-24-17(26)19(22-18(24)27)7-10-23(11-8-19)16(25)15-2-1-9-21-15/h1-6,9,21H,7-8,10-12H2,(H,22,27). The molecule has 7 nitrogen and oxygen atoms in total. The molecule has 0 radical (unpaired) electrons. The van der Waals surface area contributed by atoms with Crippen molar-refractivity contribution in [1.82, 2.24) is 20.1 Å². The maximum Gasteiger partial charge on any atom is 0.325 e. The summed E-state index contributed by atoms with van der Waals surface area (Å²) in [5.41, 5.74) is 0.437. The highest BCUT2D eigenvalue weighted by atomic mass is 35.5. The number of amides is 4. The van der Waals surface area contributed by atoms with Gasteiger partial charge in [0.25, 0.3) is 11.8 Å². The number of benzene rings is 1. The summed E-state index contributed by atoms with van der Waals surface area (Å²) in [6, 6.07) is 10.2. The van der Waals surface area contributed by atoms with Gasteiger partial charge in [-0.3, -0.25) is 14.5 Å². The van der Waals surface area contributed by atoms with E-state index in [1.54, 1.807) is 47.5 Å². The molecule has 3 heterocycles. The fraction of sp³-hybridized carbons (Fsp3) is 0.316. The number of nitrogens with one attached hydrogen (secondary N) is 2. The van der Waals surface area contributed by atoms with Gasteiger partial charge in [0, 0.05) is 24.3 Å². The van der Waals surface area contributed by atoms with Crippen LogP contribution in [0.4, 0.5) is 4.79 Å². The van der Waals surface area contributed by atoms with Gasteiger partial charge >= 0.3 is 6.03 Å². The first-order valence-electron chi connectivity index (χ1n) is 8.80. The minimum atomic E-state index is -0.921. The van der Waals surface area contributed by atoms with Crippen LogP contribution >= 0.6 is 11.6 Å². The Hall–Kier alpha value is -2.80. The molecular formula is C19H19ClN4O3. The van der Waals surface area contributed by atoms with Crippen LogP contribution in [0.15, 0.2) is 42.6 Å². The Morgan fingerprint density at radius 2 is 1.81 bits per heavy atom. The van der Waals surface area contributed by atoms with E-state index in [1.807, 2.05) is 0 Å². The molecule has 2 saturated heterocycles. The quantitative estimate of drug-likeness (QED) is 0.794. The van der Waals surface area contributed by atoms with E-state index in [1.165, 1.54) is 4.90 Å². The van der Waals surface area contributed by atoms with Crippen LogP contribution in [0.5, 0.6) is 0 Å². The van der Waals surface area contributed by atoms with Crippen molar-refractivity contribution in [3.8, 4) is 0 Å². The number of piperidine rings is 1. The predicted molar refractivity (Wildman–Crippen MR) is 99.2 cm³/mol. The number of hydrogen-bond donors (Lipinski definition) is 2. The van der Waals surface area contributed by atoms with Crippen molar-refractivity contribution < 1.29 is 14.4 Å². The zero-order valence-electron chi connectivity index (χ0n) is 14.6. The predicted octanol–water partition coefficient (Wildman–Crippen LogP) is 2.39. The Bertz CT molecular complexity index is 871. The van der Waals surface area contributed by atoms with E-state index in [0.717, 1.165) is 5.56 Å². The molecule has 8 heteroatoms. The lowest BCUT2D eigenvalue weighted by atomic mass is 9.87. The first-order valence-corrected chi connectivity index (χ1v) is 9.17. The summed E-state index contributed by atoms with van der Waals surface area (Å²) in [6.07, 6.45) is 2.51. The van der Waals surface area contributed by atoms with Gasteiger partial charge in [0.1, 0.15) is 11.2 Å². The molecule has 4 rings (SSSR count). The molecule has 1 aromatic carbocycles. The number of nitrogens with zero attached hydrogens (tertiary/aromatic N) is 2. The first kappa shape index (κ1) is 17.6. The number of carbonyl (C=O) groups is 3. The van der Waals surface area contributed by atoms with E-state index < -0.39 is 5.54 Å². The van der Waals surface area contributed by atoms with Crippen LogP contribution in [-0.4, -0.2) is 51.3 Å². The average molecular weight is 387 g/mol. The Morgan fingerprint density at radius 1 is 1.11 bits per heavy atom. The van der Waals surface area contributed by atoms with Gasteiger partial charge in [-0.1, -0.05) is 23.7 Å². The topological polar surface area (TPSA) is 85.5 Å². The molecule has 0 bridgehead atoms. The Kier molecular flexibility index (Phi) is 4.39. The van der Waals surface area contributed by atoms with Crippen LogP contribution < -0.4 is 5.32 Å². The van der Waals surface area contributed by atoms with Crippen molar-refractivity contribution in [3.05, 3.63) is 58.9 Å². The number of H-pyrrole nitrogens is 1. The maximum atomic E-state index is 13.0. The third-order valence-electron chi connectivity index (χ3n) is 5.23. The fourth-order valence-electron chi connectivity index (χ4n) is 3.66. The van der Waals surface area contributed by atoms with Gasteiger partial charge in [0.15, 0.2) is 0 Å². The molecule has 2 aliphatic heterocycles. The van der Waals surface area contributed by atoms with Gasteiger partial charge in [0.2, 0.25) is 0 Å². The van der Waals surface area contributed by atoms with Crippen molar-refractivity contribution in [2.24, 2.45) is 0 Å². The van der Waals surface area contributed by atoms with E-state index in [2.05, 4.69) is 10.3 Å². The van der Waals surface area contributed by atoms with Crippen LogP contribution in [0.2, 0.25) is 5.02 Å². The molecule has 0 aliphatic carbocycles. The second kappa shape index (κ2) is 6.74. The minimum absolute atomic E-state index is 0.0929. The highest BCUT2D eigenvalue weighted by molar-refractivity contribution is 6.30. The van der Waals surface area contributed by atoms with Crippen molar-refractivity contribution in [3.63, 3.8) is 0 Å². The third-order valence-corrected chi connectivity index (χ3v) is 5.48. The highest BCUT2D eigenvalue weighted by Gasteiger charge is 2.52. The van der Waals surface area contributed by atoms with Crippen LogP contribution in [0.1, 0.15) is 28.9 Å². The maximum absolute atomic E-state index is 13.0. The van der Waals surface area contributed by atoms with Crippen LogP contribution in [-0.2, 0) is 11.3 Å². The van der Waals surface area contributed by atoms with Crippen LogP contribution in [0, 0.1) is 0 Å². The normalized spacial score (nSPS) is 18.9. The first-order chi connectivity index (χ1) is 13.0. The molecule has 1 aromatic heterocycles. The number of rotatable bonds is 3. The van der Waals surface area contributed by atoms with Gasteiger partial charge < -0.3 is 15.2 Å². The molecule has 4 amide bonds. The van der Waals surface area contributed by atoms with Crippen molar-refractivity contribution >= 4 is 29.4 Å². The number of aromatic nitrogens is 1. The number of halogens is 1. The van der Waals surface area contributed by atoms with E-state index in [4.69, 9.17) is 11.6 Å². The van der Waals surface area contributed by atoms with Crippen molar-refractivity contribution in [2.75, 3.05) is 13.1 Å². The summed E-state index contributed by atoms with van der Waals surface area (Å²) < 4.78 is 0. The van der Waals surface area contributed by atoms with Gasteiger partial charge in [0.05, 0.1) is 6.54 Å². The third kappa shape index (κ3) is 3.19. The number of imide groups is 1. The molecule has 2 aromatic rings. The zero-order chi connectivity index (χ0) is 19.0. The highest BCUT2D eigenvalue weighted by Crippen LogP contribution is 2.31. The molecule has 2 N–H and O–H groups in total. The number of urea groups is 1. The van der Waals surface area contributed by atoms with E-state index in [0.29, 0.717) is 36.6 Å². The largest absolute Gasteiger partial charge is 0.357 e. The van der Waals surface area contributed by atoms with Crippen LogP contribution in [0.3, 0.4) is 0 Å². The van der Waals surface area contributed by atoms with Crippen LogP contribution in [0.25, 0.3) is 0 Å². The molecule has 0 atom stereocenters. The molecule has 2 fully saturated rings. The molecule has 1 spiro atoms. The number of carbonyl (C=O) groups excluding carboxylic acids is 3. The summed E-state index contributed by atoms with van der Waals surface area (Å²) in [5, 5.41) is 3.46. The molecule has 27 heavy (non-hydrogen) atoms. The van der Waals surface area contributed by atoms with E-state index in [-0.39, 0.29) is 24.4 Å². The molecule has 2 aliphatic rings. The summed E-state index contributed by atoms with van der Waals surface area (Å²) in [6.45, 7) is 1.03. The summed E-state index contributed by atoms with van der Waals surface area (Å²) in [5.74, 6) is -0.320. The second-order valence-corrected chi connectivity index (χ2v) is 7.34. The lowest BCUT2D eigenvalue weighted by Gasteiger charge is -2.37. The number of aromatic amines is 1.